The van der Waals surface area contributed by atoms with Crippen LogP contribution in [-0.4, -0.2) is 23.9 Å². The number of ether oxygens (including phenoxy) is 1. The lowest BCUT2D eigenvalue weighted by molar-refractivity contribution is -0.134. The highest BCUT2D eigenvalue weighted by Crippen LogP contribution is 2.05. The standard InChI is InChI=1S/C13H14N2O4/c16-11-7-6-10(12(17)15-11)14-13(18)19-8-9-4-2-1-3-5-9/h1-5,10H,6-8H2,(H,14,18)(H,15,16,17)/i7D2,10D. The minimum atomic E-state index is -2.43. The molecule has 1 unspecified atom stereocenters. The summed E-state index contributed by atoms with van der Waals surface area (Å²) in [5.41, 5.74) is 0.718. The molecule has 0 spiro atoms. The van der Waals surface area contributed by atoms with E-state index in [1.54, 1.807) is 35.6 Å². The van der Waals surface area contributed by atoms with Crippen LogP contribution in [0.3, 0.4) is 0 Å². The first-order valence-corrected chi connectivity index (χ1v) is 5.58. The molecule has 0 saturated carbocycles. The Morgan fingerprint density at radius 1 is 1.47 bits per heavy atom. The Bertz CT molecular complexity index is 609. The molecule has 6 nitrogen and oxygen atoms in total. The summed E-state index contributed by atoms with van der Waals surface area (Å²) in [6, 6.07) is 6.48. The van der Waals surface area contributed by atoms with Crippen molar-refractivity contribution in [2.24, 2.45) is 0 Å². The highest BCUT2D eigenvalue weighted by Gasteiger charge is 2.28. The summed E-state index contributed by atoms with van der Waals surface area (Å²) in [5.74, 6) is -2.22. The smallest absolute Gasteiger partial charge is 0.408 e. The lowest BCUT2D eigenvalue weighted by Gasteiger charge is -2.21. The largest absolute Gasteiger partial charge is 0.445 e. The van der Waals surface area contributed by atoms with E-state index in [9.17, 15) is 14.4 Å². The Hall–Kier alpha value is -2.37. The number of piperidine rings is 1. The summed E-state index contributed by atoms with van der Waals surface area (Å²) >= 11 is 0. The predicted octanol–water partition coefficient (Wildman–Crippen LogP) is 0.718. The van der Waals surface area contributed by atoms with E-state index < -0.39 is 36.7 Å². The van der Waals surface area contributed by atoms with Gasteiger partial charge in [0, 0.05) is 9.11 Å². The van der Waals surface area contributed by atoms with E-state index in [2.05, 4.69) is 0 Å². The molecule has 1 atom stereocenters. The van der Waals surface area contributed by atoms with Crippen molar-refractivity contribution in [3.63, 3.8) is 0 Å². The Kier molecular flexibility index (Phi) is 3.01. The van der Waals surface area contributed by atoms with E-state index in [1.165, 1.54) is 0 Å². The average molecular weight is 265 g/mol. The molecule has 3 amide bonds. The molecular formula is C13H14N2O4. The van der Waals surface area contributed by atoms with Crippen molar-refractivity contribution in [2.45, 2.75) is 25.4 Å². The minimum absolute atomic E-state index is 0.0593. The van der Waals surface area contributed by atoms with E-state index in [0.717, 1.165) is 5.56 Å². The van der Waals surface area contributed by atoms with E-state index in [-0.39, 0.29) is 6.61 Å². The zero-order valence-corrected chi connectivity index (χ0v) is 9.93. The van der Waals surface area contributed by atoms with Crippen LogP contribution in [0.4, 0.5) is 4.79 Å². The molecule has 1 aliphatic rings. The number of carbonyl (C=O) groups excluding carboxylic acids is 3. The van der Waals surface area contributed by atoms with Crippen LogP contribution in [0.2, 0.25) is 0 Å². The lowest BCUT2D eigenvalue weighted by Crippen LogP contribution is -2.52. The van der Waals surface area contributed by atoms with Gasteiger partial charge in [-0.15, -0.1) is 0 Å². The van der Waals surface area contributed by atoms with Gasteiger partial charge in [-0.3, -0.25) is 14.9 Å². The summed E-state index contributed by atoms with van der Waals surface area (Å²) in [4.78, 5) is 34.6. The highest BCUT2D eigenvalue weighted by molar-refractivity contribution is 6.01. The first-order valence-electron chi connectivity index (χ1n) is 7.08. The molecule has 0 bridgehead atoms. The van der Waals surface area contributed by atoms with Crippen molar-refractivity contribution in [2.75, 3.05) is 0 Å². The van der Waals surface area contributed by atoms with Crippen LogP contribution in [0.25, 0.3) is 0 Å². The summed E-state index contributed by atoms with van der Waals surface area (Å²) in [6.07, 6.45) is -4.26. The molecule has 1 aromatic rings. The second kappa shape index (κ2) is 5.99. The van der Waals surface area contributed by atoms with Crippen molar-refractivity contribution in [1.29, 1.82) is 0 Å². The number of rotatable bonds is 3. The number of benzene rings is 1. The Morgan fingerprint density at radius 2 is 2.21 bits per heavy atom. The molecule has 0 radical (unpaired) electrons. The van der Waals surface area contributed by atoms with Crippen molar-refractivity contribution in [1.82, 2.24) is 10.6 Å². The van der Waals surface area contributed by atoms with Crippen molar-refractivity contribution < 1.29 is 23.2 Å². The average Bonchev–Trinajstić information content (AvgIpc) is 2.44. The maximum atomic E-state index is 11.7. The molecule has 2 rings (SSSR count). The third-order valence-corrected chi connectivity index (χ3v) is 2.39. The van der Waals surface area contributed by atoms with E-state index >= 15 is 0 Å². The molecule has 100 valence electrons. The van der Waals surface area contributed by atoms with Gasteiger partial charge >= 0.3 is 6.09 Å². The van der Waals surface area contributed by atoms with Gasteiger partial charge in [-0.25, -0.2) is 4.79 Å². The number of imide groups is 1. The van der Waals surface area contributed by atoms with Crippen LogP contribution in [-0.2, 0) is 20.9 Å². The highest BCUT2D eigenvalue weighted by atomic mass is 16.5. The minimum Gasteiger partial charge on any atom is -0.445 e. The summed E-state index contributed by atoms with van der Waals surface area (Å²) in [6.45, 7) is -0.0593. The SMILES string of the molecule is [2H]C1([2H])CC([2H])(NC(=O)OCc2ccccc2)C(=O)NC1=O. The number of nitrogens with one attached hydrogen (secondary N) is 2. The molecule has 19 heavy (non-hydrogen) atoms. The third kappa shape index (κ3) is 3.80. The van der Waals surface area contributed by atoms with E-state index in [4.69, 9.17) is 8.85 Å². The molecule has 0 aromatic heterocycles. The van der Waals surface area contributed by atoms with Gasteiger partial charge < -0.3 is 10.1 Å². The van der Waals surface area contributed by atoms with Crippen molar-refractivity contribution in [3.8, 4) is 0 Å². The van der Waals surface area contributed by atoms with Gasteiger partial charge in [0.1, 0.15) is 12.6 Å². The van der Waals surface area contributed by atoms with Crippen molar-refractivity contribution in [3.05, 3.63) is 35.9 Å². The van der Waals surface area contributed by atoms with Gasteiger partial charge in [0.25, 0.3) is 0 Å². The Morgan fingerprint density at radius 3 is 2.95 bits per heavy atom. The monoisotopic (exact) mass is 265 g/mol. The molecule has 2 N–H and O–H groups in total. The number of carbonyl (C=O) groups is 3. The third-order valence-electron chi connectivity index (χ3n) is 2.39. The predicted molar refractivity (Wildman–Crippen MR) is 65.9 cm³/mol. The van der Waals surface area contributed by atoms with Crippen LogP contribution in [0.15, 0.2) is 30.3 Å². The molecule has 1 saturated heterocycles. The van der Waals surface area contributed by atoms with Crippen LogP contribution in [0.1, 0.15) is 22.5 Å². The first-order chi connectivity index (χ1) is 10.2. The molecular weight excluding hydrogens is 248 g/mol. The summed E-state index contributed by atoms with van der Waals surface area (Å²) in [7, 11) is 0. The van der Waals surface area contributed by atoms with Gasteiger partial charge in [-0.2, -0.15) is 0 Å². The van der Waals surface area contributed by atoms with Crippen LogP contribution < -0.4 is 10.6 Å². The molecule has 6 heteroatoms. The Balaban J connectivity index is 1.97. The van der Waals surface area contributed by atoms with Gasteiger partial charge in [0.2, 0.25) is 11.8 Å². The number of alkyl carbamates (subject to hydrolysis) is 1. The quantitative estimate of drug-likeness (QED) is 0.789. The molecule has 1 fully saturated rings. The maximum Gasteiger partial charge on any atom is 0.408 e. The fourth-order valence-electron chi connectivity index (χ4n) is 1.46. The first kappa shape index (κ1) is 9.55. The van der Waals surface area contributed by atoms with E-state index in [0.29, 0.717) is 0 Å². The van der Waals surface area contributed by atoms with Gasteiger partial charge in [0.15, 0.2) is 0 Å². The van der Waals surface area contributed by atoms with Crippen LogP contribution in [0.5, 0.6) is 0 Å². The normalized spacial score (nSPS) is 27.5. The zero-order valence-electron chi connectivity index (χ0n) is 12.9. The summed E-state index contributed by atoms with van der Waals surface area (Å²) in [5, 5.41) is 3.72. The van der Waals surface area contributed by atoms with Gasteiger partial charge in [-0.1, -0.05) is 30.3 Å². The van der Waals surface area contributed by atoms with Crippen LogP contribution in [0, 0.1) is 0 Å². The molecule has 1 aliphatic heterocycles. The van der Waals surface area contributed by atoms with Gasteiger partial charge in [0.05, 0.1) is 1.37 Å². The van der Waals surface area contributed by atoms with Crippen molar-refractivity contribution >= 4 is 17.9 Å². The van der Waals surface area contributed by atoms with Crippen LogP contribution >= 0.6 is 0 Å². The lowest BCUT2D eigenvalue weighted by atomic mass is 10.1. The van der Waals surface area contributed by atoms with E-state index in [1.807, 2.05) is 5.32 Å². The molecule has 0 aliphatic carbocycles. The fraction of sp³-hybridized carbons (Fsp3) is 0.308. The second-order valence-corrected chi connectivity index (χ2v) is 3.80. The fourth-order valence-corrected chi connectivity index (χ4v) is 1.46. The number of hydrogen-bond donors (Lipinski definition) is 2. The van der Waals surface area contributed by atoms with Gasteiger partial charge in [-0.05, 0) is 12.0 Å². The molecule has 1 aromatic carbocycles. The second-order valence-electron chi connectivity index (χ2n) is 3.80. The number of amides is 3. The molecule has 1 heterocycles. The maximum absolute atomic E-state index is 11.7. The topological polar surface area (TPSA) is 84.5 Å². The Labute approximate surface area is 114 Å². The summed E-state index contributed by atoms with van der Waals surface area (Å²) < 4.78 is 27.6. The number of hydrogen-bond acceptors (Lipinski definition) is 4. The zero-order chi connectivity index (χ0) is 16.4.